The van der Waals surface area contributed by atoms with E-state index in [2.05, 4.69) is 26.1 Å². The van der Waals surface area contributed by atoms with Crippen LogP contribution < -0.4 is 10.5 Å². The highest BCUT2D eigenvalue weighted by molar-refractivity contribution is 9.10. The Morgan fingerprint density at radius 3 is 2.81 bits per heavy atom. The van der Waals surface area contributed by atoms with E-state index < -0.39 is 0 Å². The largest absolute Gasteiger partial charge is 0.436 e. The minimum Gasteiger partial charge on any atom is -0.436 e. The summed E-state index contributed by atoms with van der Waals surface area (Å²) < 4.78 is 6.47. The Morgan fingerprint density at radius 2 is 2.25 bits per heavy atom. The standard InChI is InChI=1S/C11H12BrN3O/c1-7-4-11(15-14-7)16-10-3-2-8(6-13)5-9(10)12/h2-5H,6,13H2,1H3,(H,14,15). The summed E-state index contributed by atoms with van der Waals surface area (Å²) in [6.07, 6.45) is 0. The lowest BCUT2D eigenvalue weighted by Crippen LogP contribution is -1.96. The zero-order valence-electron chi connectivity index (χ0n) is 8.83. The van der Waals surface area contributed by atoms with Crippen molar-refractivity contribution in [2.45, 2.75) is 13.5 Å². The number of aryl methyl sites for hydroxylation is 1. The Labute approximate surface area is 102 Å². The lowest BCUT2D eigenvalue weighted by Gasteiger charge is -2.05. The molecule has 0 fully saturated rings. The molecule has 1 aromatic heterocycles. The van der Waals surface area contributed by atoms with Crippen LogP contribution in [0.15, 0.2) is 28.7 Å². The molecule has 2 rings (SSSR count). The first-order valence-corrected chi connectivity index (χ1v) is 5.66. The number of halogens is 1. The number of aromatic amines is 1. The highest BCUT2D eigenvalue weighted by Gasteiger charge is 2.05. The first-order chi connectivity index (χ1) is 7.69. The quantitative estimate of drug-likeness (QED) is 0.909. The molecule has 16 heavy (non-hydrogen) atoms. The van der Waals surface area contributed by atoms with Crippen molar-refractivity contribution in [1.29, 1.82) is 0 Å². The van der Waals surface area contributed by atoms with E-state index in [4.69, 9.17) is 10.5 Å². The van der Waals surface area contributed by atoms with E-state index >= 15 is 0 Å². The second-order valence-electron chi connectivity index (χ2n) is 3.46. The van der Waals surface area contributed by atoms with Crippen LogP contribution in [0.2, 0.25) is 0 Å². The average Bonchev–Trinajstić information content (AvgIpc) is 2.67. The van der Waals surface area contributed by atoms with E-state index in [1.54, 1.807) is 0 Å². The smallest absolute Gasteiger partial charge is 0.238 e. The Kier molecular flexibility index (Phi) is 3.26. The van der Waals surface area contributed by atoms with Crippen LogP contribution >= 0.6 is 15.9 Å². The molecule has 4 nitrogen and oxygen atoms in total. The van der Waals surface area contributed by atoms with Gasteiger partial charge in [-0.25, -0.2) is 0 Å². The maximum atomic E-state index is 5.60. The van der Waals surface area contributed by atoms with E-state index in [9.17, 15) is 0 Å². The number of nitrogens with two attached hydrogens (primary N) is 1. The number of ether oxygens (including phenoxy) is 1. The maximum absolute atomic E-state index is 5.60. The van der Waals surface area contributed by atoms with E-state index in [-0.39, 0.29) is 0 Å². The van der Waals surface area contributed by atoms with Crippen LogP contribution in [0.1, 0.15) is 11.3 Å². The summed E-state index contributed by atoms with van der Waals surface area (Å²) in [6.45, 7) is 2.44. The van der Waals surface area contributed by atoms with Gasteiger partial charge in [0, 0.05) is 18.3 Å². The third-order valence-corrected chi connectivity index (χ3v) is 2.75. The molecule has 1 heterocycles. The average molecular weight is 282 g/mol. The number of rotatable bonds is 3. The fourth-order valence-corrected chi connectivity index (χ4v) is 1.82. The summed E-state index contributed by atoms with van der Waals surface area (Å²) in [4.78, 5) is 0. The predicted molar refractivity (Wildman–Crippen MR) is 65.4 cm³/mol. The van der Waals surface area contributed by atoms with Crippen LogP contribution in [0, 0.1) is 6.92 Å². The number of nitrogens with one attached hydrogen (secondary N) is 1. The summed E-state index contributed by atoms with van der Waals surface area (Å²) in [5, 5.41) is 6.82. The Hall–Kier alpha value is -1.33. The second kappa shape index (κ2) is 4.67. The molecule has 0 amide bonds. The topological polar surface area (TPSA) is 63.9 Å². The van der Waals surface area contributed by atoms with Crippen LogP contribution in [-0.2, 0) is 6.54 Å². The van der Waals surface area contributed by atoms with Gasteiger partial charge in [-0.1, -0.05) is 6.07 Å². The van der Waals surface area contributed by atoms with Crippen molar-refractivity contribution in [3.8, 4) is 11.6 Å². The van der Waals surface area contributed by atoms with Gasteiger partial charge < -0.3 is 10.5 Å². The summed E-state index contributed by atoms with van der Waals surface area (Å²) in [6, 6.07) is 7.58. The third kappa shape index (κ3) is 2.43. The highest BCUT2D eigenvalue weighted by Crippen LogP contribution is 2.29. The molecule has 0 unspecified atom stereocenters. The van der Waals surface area contributed by atoms with Crippen molar-refractivity contribution in [2.75, 3.05) is 0 Å². The van der Waals surface area contributed by atoms with Crippen molar-refractivity contribution in [1.82, 2.24) is 10.2 Å². The second-order valence-corrected chi connectivity index (χ2v) is 4.31. The molecule has 1 aromatic carbocycles. The van der Waals surface area contributed by atoms with Gasteiger partial charge in [-0.05, 0) is 40.5 Å². The highest BCUT2D eigenvalue weighted by atomic mass is 79.9. The van der Waals surface area contributed by atoms with Gasteiger partial charge in [0.2, 0.25) is 5.88 Å². The molecule has 0 aliphatic rings. The van der Waals surface area contributed by atoms with Crippen LogP contribution in [0.25, 0.3) is 0 Å². The molecule has 84 valence electrons. The number of H-pyrrole nitrogens is 1. The zero-order valence-corrected chi connectivity index (χ0v) is 10.4. The fraction of sp³-hybridized carbons (Fsp3) is 0.182. The molecule has 0 radical (unpaired) electrons. The maximum Gasteiger partial charge on any atom is 0.238 e. The molecule has 0 saturated carbocycles. The lowest BCUT2D eigenvalue weighted by atomic mass is 10.2. The molecule has 0 bridgehead atoms. The molecule has 5 heteroatoms. The van der Waals surface area contributed by atoms with Gasteiger partial charge in [0.1, 0.15) is 5.75 Å². The fourth-order valence-electron chi connectivity index (χ4n) is 1.31. The first-order valence-electron chi connectivity index (χ1n) is 4.87. The van der Waals surface area contributed by atoms with Crippen molar-refractivity contribution >= 4 is 15.9 Å². The Bertz CT molecular complexity index is 496. The molecule has 0 spiro atoms. The van der Waals surface area contributed by atoms with Crippen LogP contribution in [0.3, 0.4) is 0 Å². The van der Waals surface area contributed by atoms with Crippen molar-refractivity contribution in [3.63, 3.8) is 0 Å². The van der Waals surface area contributed by atoms with E-state index in [1.807, 2.05) is 31.2 Å². The normalized spacial score (nSPS) is 10.4. The molecule has 3 N–H and O–H groups in total. The van der Waals surface area contributed by atoms with Gasteiger partial charge in [0.25, 0.3) is 0 Å². The first kappa shape index (κ1) is 11.2. The van der Waals surface area contributed by atoms with Gasteiger partial charge in [0.15, 0.2) is 0 Å². The third-order valence-electron chi connectivity index (χ3n) is 2.13. The van der Waals surface area contributed by atoms with Crippen LogP contribution in [0.5, 0.6) is 11.6 Å². The summed E-state index contributed by atoms with van der Waals surface area (Å²) >= 11 is 3.43. The van der Waals surface area contributed by atoms with Crippen LogP contribution in [0.4, 0.5) is 0 Å². The molecule has 0 atom stereocenters. The molecule has 0 aliphatic heterocycles. The number of aromatic nitrogens is 2. The van der Waals surface area contributed by atoms with E-state index in [0.717, 1.165) is 21.5 Å². The van der Waals surface area contributed by atoms with Crippen molar-refractivity contribution in [3.05, 3.63) is 40.0 Å². The Balaban J connectivity index is 2.21. The van der Waals surface area contributed by atoms with E-state index in [0.29, 0.717) is 12.4 Å². The van der Waals surface area contributed by atoms with E-state index in [1.165, 1.54) is 0 Å². The molecular weight excluding hydrogens is 270 g/mol. The number of benzene rings is 1. The van der Waals surface area contributed by atoms with Crippen LogP contribution in [-0.4, -0.2) is 10.2 Å². The minimum atomic E-state index is 0.514. The number of hydrogen-bond acceptors (Lipinski definition) is 3. The molecule has 2 aromatic rings. The summed E-state index contributed by atoms with van der Waals surface area (Å²) in [5.41, 5.74) is 7.56. The molecule has 0 aliphatic carbocycles. The predicted octanol–water partition coefficient (Wildman–Crippen LogP) is 2.73. The lowest BCUT2D eigenvalue weighted by molar-refractivity contribution is 0.458. The molecule has 0 saturated heterocycles. The molecular formula is C11H12BrN3O. The summed E-state index contributed by atoms with van der Waals surface area (Å²) in [5.74, 6) is 1.28. The monoisotopic (exact) mass is 281 g/mol. The number of hydrogen-bond donors (Lipinski definition) is 2. The van der Waals surface area contributed by atoms with Gasteiger partial charge in [-0.2, -0.15) is 0 Å². The van der Waals surface area contributed by atoms with Gasteiger partial charge >= 0.3 is 0 Å². The van der Waals surface area contributed by atoms with Crippen molar-refractivity contribution < 1.29 is 4.74 Å². The zero-order chi connectivity index (χ0) is 11.5. The number of nitrogens with zero attached hydrogens (tertiary/aromatic N) is 1. The Morgan fingerprint density at radius 1 is 1.44 bits per heavy atom. The summed E-state index contributed by atoms with van der Waals surface area (Å²) in [7, 11) is 0. The minimum absolute atomic E-state index is 0.514. The SMILES string of the molecule is Cc1cc(Oc2ccc(CN)cc2Br)n[nH]1. The van der Waals surface area contributed by atoms with Gasteiger partial charge in [-0.15, -0.1) is 5.10 Å². The van der Waals surface area contributed by atoms with Gasteiger partial charge in [0.05, 0.1) is 4.47 Å². The van der Waals surface area contributed by atoms with Gasteiger partial charge in [-0.3, -0.25) is 5.10 Å². The van der Waals surface area contributed by atoms with Crippen molar-refractivity contribution in [2.24, 2.45) is 5.73 Å².